The fourth-order valence-corrected chi connectivity index (χ4v) is 3.00. The summed E-state index contributed by atoms with van der Waals surface area (Å²) in [6.45, 7) is 5.33. The van der Waals surface area contributed by atoms with Crippen LogP contribution in [0.3, 0.4) is 0 Å². The highest BCUT2D eigenvalue weighted by Gasteiger charge is 2.21. The zero-order valence-corrected chi connectivity index (χ0v) is 15.6. The molecule has 0 radical (unpaired) electrons. The number of fused-ring (bicyclic) bond motifs is 1. The van der Waals surface area contributed by atoms with Gasteiger partial charge in [0.05, 0.1) is 19.8 Å². The van der Waals surface area contributed by atoms with Crippen molar-refractivity contribution in [1.82, 2.24) is 15.3 Å². The van der Waals surface area contributed by atoms with Gasteiger partial charge in [-0.15, -0.1) is 0 Å². The second-order valence-electron chi connectivity index (χ2n) is 6.55. The first-order chi connectivity index (χ1) is 12.5. The first kappa shape index (κ1) is 18.0. The Bertz CT molecular complexity index is 790. The Hall–Kier alpha value is -2.83. The Morgan fingerprint density at radius 1 is 1.12 bits per heavy atom. The number of carbonyl (C=O) groups excluding carboxylic acids is 1. The van der Waals surface area contributed by atoms with E-state index in [1.165, 1.54) is 11.1 Å². The van der Waals surface area contributed by atoms with Crippen LogP contribution in [0.4, 0.5) is 5.95 Å². The summed E-state index contributed by atoms with van der Waals surface area (Å²) in [5.41, 5.74) is 2.87. The second-order valence-corrected chi connectivity index (χ2v) is 6.55. The van der Waals surface area contributed by atoms with Crippen LogP contribution in [-0.4, -0.2) is 42.7 Å². The maximum Gasteiger partial charge on any atom is 0.254 e. The molecule has 1 aliphatic heterocycles. The third-order valence-corrected chi connectivity index (χ3v) is 4.32. The molecule has 0 atom stereocenters. The van der Waals surface area contributed by atoms with Crippen molar-refractivity contribution >= 4 is 11.9 Å². The van der Waals surface area contributed by atoms with Gasteiger partial charge in [0.2, 0.25) is 5.95 Å². The molecule has 0 aliphatic carbocycles. The molecule has 1 amide bonds. The van der Waals surface area contributed by atoms with Crippen LogP contribution in [0.25, 0.3) is 0 Å². The summed E-state index contributed by atoms with van der Waals surface area (Å²) in [5, 5.41) is 2.84. The summed E-state index contributed by atoms with van der Waals surface area (Å²) in [6, 6.07) is 4.11. The van der Waals surface area contributed by atoms with Crippen LogP contribution in [0, 0.1) is 0 Å². The van der Waals surface area contributed by atoms with Crippen molar-refractivity contribution < 1.29 is 14.3 Å². The van der Waals surface area contributed by atoms with Gasteiger partial charge in [-0.1, -0.05) is 0 Å². The summed E-state index contributed by atoms with van der Waals surface area (Å²) in [4.78, 5) is 22.9. The number of carbonyl (C=O) groups is 1. The minimum absolute atomic E-state index is 0.0766. The largest absolute Gasteiger partial charge is 0.493 e. The number of rotatable bonds is 5. The number of anilines is 1. The van der Waals surface area contributed by atoms with Crippen LogP contribution >= 0.6 is 0 Å². The van der Waals surface area contributed by atoms with E-state index >= 15 is 0 Å². The van der Waals surface area contributed by atoms with Gasteiger partial charge in [0.1, 0.15) is 0 Å². The van der Waals surface area contributed by atoms with Gasteiger partial charge in [0.25, 0.3) is 5.91 Å². The SMILES string of the molecule is COc1cc2c(cc1OC)CN(c1ncc(C(=O)NC(C)C)cn1)CC2. The van der Waals surface area contributed by atoms with Crippen molar-refractivity contribution in [3.63, 3.8) is 0 Å². The lowest BCUT2D eigenvalue weighted by Crippen LogP contribution is -2.33. The van der Waals surface area contributed by atoms with E-state index < -0.39 is 0 Å². The molecular formula is C19H24N4O3. The molecule has 0 bridgehead atoms. The quantitative estimate of drug-likeness (QED) is 0.885. The average molecular weight is 356 g/mol. The van der Waals surface area contributed by atoms with E-state index in [1.54, 1.807) is 26.6 Å². The van der Waals surface area contributed by atoms with E-state index in [9.17, 15) is 4.79 Å². The molecule has 3 rings (SSSR count). The summed E-state index contributed by atoms with van der Waals surface area (Å²) >= 11 is 0. The van der Waals surface area contributed by atoms with Crippen molar-refractivity contribution in [1.29, 1.82) is 0 Å². The van der Waals surface area contributed by atoms with Crippen molar-refractivity contribution in [3.05, 3.63) is 41.2 Å². The van der Waals surface area contributed by atoms with Gasteiger partial charge in [0, 0.05) is 31.5 Å². The van der Waals surface area contributed by atoms with Crippen LogP contribution in [0.2, 0.25) is 0 Å². The fraction of sp³-hybridized carbons (Fsp3) is 0.421. The van der Waals surface area contributed by atoms with Crippen molar-refractivity contribution in [2.45, 2.75) is 32.9 Å². The number of amides is 1. The van der Waals surface area contributed by atoms with Gasteiger partial charge < -0.3 is 19.7 Å². The van der Waals surface area contributed by atoms with Crippen LogP contribution in [0.15, 0.2) is 24.5 Å². The number of benzene rings is 1. The Morgan fingerprint density at radius 3 is 2.31 bits per heavy atom. The highest BCUT2D eigenvalue weighted by atomic mass is 16.5. The molecule has 0 unspecified atom stereocenters. The molecule has 1 aliphatic rings. The summed E-state index contributed by atoms with van der Waals surface area (Å²) in [6.07, 6.45) is 4.02. The number of hydrogen-bond acceptors (Lipinski definition) is 6. The van der Waals surface area contributed by atoms with Gasteiger partial charge in [0.15, 0.2) is 11.5 Å². The zero-order chi connectivity index (χ0) is 18.7. The Morgan fingerprint density at radius 2 is 1.73 bits per heavy atom. The summed E-state index contributed by atoms with van der Waals surface area (Å²) < 4.78 is 10.8. The normalized spacial score (nSPS) is 13.3. The lowest BCUT2D eigenvalue weighted by atomic mass is 9.99. The molecule has 0 saturated carbocycles. The number of aromatic nitrogens is 2. The number of nitrogens with zero attached hydrogens (tertiary/aromatic N) is 3. The molecule has 2 aromatic rings. The van der Waals surface area contributed by atoms with Gasteiger partial charge >= 0.3 is 0 Å². The van der Waals surface area contributed by atoms with E-state index in [1.807, 2.05) is 26.0 Å². The molecule has 7 heteroatoms. The third-order valence-electron chi connectivity index (χ3n) is 4.32. The zero-order valence-electron chi connectivity index (χ0n) is 15.6. The topological polar surface area (TPSA) is 76.6 Å². The number of nitrogens with one attached hydrogen (secondary N) is 1. The molecule has 1 aromatic heterocycles. The van der Waals surface area contributed by atoms with Crippen LogP contribution < -0.4 is 19.7 Å². The number of ether oxygens (including phenoxy) is 2. The van der Waals surface area contributed by atoms with Gasteiger partial charge in [-0.25, -0.2) is 9.97 Å². The van der Waals surface area contributed by atoms with Crippen molar-refractivity contribution in [2.24, 2.45) is 0 Å². The van der Waals surface area contributed by atoms with Gasteiger partial charge in [-0.3, -0.25) is 4.79 Å². The number of hydrogen-bond donors (Lipinski definition) is 1. The maximum atomic E-state index is 12.0. The van der Waals surface area contributed by atoms with E-state index in [2.05, 4.69) is 20.2 Å². The maximum absolute atomic E-state index is 12.0. The monoisotopic (exact) mass is 356 g/mol. The molecule has 2 heterocycles. The van der Waals surface area contributed by atoms with Crippen LogP contribution in [0.1, 0.15) is 35.3 Å². The molecule has 1 aromatic carbocycles. The predicted octanol–water partition coefficient (Wildman–Crippen LogP) is 2.19. The minimum atomic E-state index is -0.160. The van der Waals surface area contributed by atoms with E-state index in [0.717, 1.165) is 24.5 Å². The minimum Gasteiger partial charge on any atom is -0.493 e. The third kappa shape index (κ3) is 3.71. The molecule has 26 heavy (non-hydrogen) atoms. The van der Waals surface area contributed by atoms with Crippen LogP contribution in [-0.2, 0) is 13.0 Å². The average Bonchev–Trinajstić information content (AvgIpc) is 2.66. The Kier molecular flexibility index (Phi) is 5.25. The van der Waals surface area contributed by atoms with Gasteiger partial charge in [-0.05, 0) is 43.5 Å². The lowest BCUT2D eigenvalue weighted by molar-refractivity contribution is 0.0942. The highest BCUT2D eigenvalue weighted by molar-refractivity contribution is 5.93. The first-order valence-corrected chi connectivity index (χ1v) is 8.63. The van der Waals surface area contributed by atoms with Crippen molar-refractivity contribution in [2.75, 3.05) is 25.7 Å². The first-order valence-electron chi connectivity index (χ1n) is 8.63. The Labute approximate surface area is 153 Å². The highest BCUT2D eigenvalue weighted by Crippen LogP contribution is 2.33. The predicted molar refractivity (Wildman–Crippen MR) is 98.9 cm³/mol. The van der Waals surface area contributed by atoms with Crippen molar-refractivity contribution in [3.8, 4) is 11.5 Å². The smallest absolute Gasteiger partial charge is 0.254 e. The molecule has 7 nitrogen and oxygen atoms in total. The lowest BCUT2D eigenvalue weighted by Gasteiger charge is -2.29. The van der Waals surface area contributed by atoms with Crippen LogP contribution in [0.5, 0.6) is 11.5 Å². The van der Waals surface area contributed by atoms with Gasteiger partial charge in [-0.2, -0.15) is 0 Å². The standard InChI is InChI=1S/C19H24N4O3/c1-12(2)22-18(24)15-9-20-19(21-10-15)23-6-5-13-7-16(25-3)17(26-4)8-14(13)11-23/h7-10,12H,5-6,11H2,1-4H3,(H,22,24). The fourth-order valence-electron chi connectivity index (χ4n) is 3.00. The summed E-state index contributed by atoms with van der Waals surface area (Å²) in [7, 11) is 3.28. The number of methoxy groups -OCH3 is 2. The molecule has 1 N–H and O–H groups in total. The molecular weight excluding hydrogens is 332 g/mol. The molecule has 0 saturated heterocycles. The van der Waals surface area contributed by atoms with E-state index in [-0.39, 0.29) is 11.9 Å². The second kappa shape index (κ2) is 7.59. The summed E-state index contributed by atoms with van der Waals surface area (Å²) in [5.74, 6) is 1.92. The van der Waals surface area contributed by atoms with E-state index in [0.29, 0.717) is 18.1 Å². The molecule has 0 fully saturated rings. The molecule has 0 spiro atoms. The Balaban J connectivity index is 1.77. The molecule has 138 valence electrons. The van der Waals surface area contributed by atoms with E-state index in [4.69, 9.17) is 9.47 Å².